The third kappa shape index (κ3) is 2.35. The Balaban J connectivity index is 2.85. The van der Waals surface area contributed by atoms with Crippen molar-refractivity contribution in [3.05, 3.63) is 24.3 Å². The molecule has 0 atom stereocenters. The maximum atomic E-state index is 11.8. The second-order valence-corrected chi connectivity index (χ2v) is 3.36. The molecule has 0 unspecified atom stereocenters. The fraction of sp³-hybridized carbons (Fsp3) is 0.500. The van der Waals surface area contributed by atoms with E-state index in [1.54, 1.807) is 13.8 Å². The van der Waals surface area contributed by atoms with Crippen molar-refractivity contribution in [1.82, 2.24) is 9.97 Å². The second-order valence-electron chi connectivity index (χ2n) is 3.36. The molecule has 0 aliphatic carbocycles. The van der Waals surface area contributed by atoms with Gasteiger partial charge in [-0.2, -0.15) is 0 Å². The average Bonchev–Trinajstić information content (AvgIpc) is 2.18. The first-order valence-corrected chi connectivity index (χ1v) is 4.52. The van der Waals surface area contributed by atoms with Gasteiger partial charge in [0, 0.05) is 19.0 Å². The third-order valence-corrected chi connectivity index (χ3v) is 1.85. The summed E-state index contributed by atoms with van der Waals surface area (Å²) in [6.07, 6.45) is 4.48. The Kier molecular flexibility index (Phi) is 3.30. The third-order valence-electron chi connectivity index (χ3n) is 1.85. The van der Waals surface area contributed by atoms with E-state index in [1.807, 2.05) is 6.92 Å². The summed E-state index contributed by atoms with van der Waals surface area (Å²) in [5, 5.41) is 0. The average molecular weight is 194 g/mol. The molecule has 1 rings (SSSR count). The number of rotatable bonds is 4. The molecule has 0 saturated heterocycles. The number of carbonyl (C=O) groups is 1. The van der Waals surface area contributed by atoms with Crippen LogP contribution in [0.25, 0.3) is 0 Å². The van der Waals surface area contributed by atoms with Crippen LogP contribution in [-0.2, 0) is 4.74 Å². The van der Waals surface area contributed by atoms with Crippen LogP contribution >= 0.6 is 0 Å². The van der Waals surface area contributed by atoms with Crippen molar-refractivity contribution in [2.24, 2.45) is 0 Å². The summed E-state index contributed by atoms with van der Waals surface area (Å²) in [6, 6.07) is 0. The monoisotopic (exact) mass is 194 g/mol. The summed E-state index contributed by atoms with van der Waals surface area (Å²) < 4.78 is 5.33. The van der Waals surface area contributed by atoms with Gasteiger partial charge in [0.2, 0.25) is 5.78 Å². The lowest BCUT2D eigenvalue weighted by atomic mass is 10.0. The number of hydrogen-bond acceptors (Lipinski definition) is 4. The number of nitrogens with zero attached hydrogens (tertiary/aromatic N) is 2. The van der Waals surface area contributed by atoms with Gasteiger partial charge in [-0.25, -0.2) is 4.98 Å². The number of ether oxygens (including phenoxy) is 1. The highest BCUT2D eigenvalue weighted by molar-refractivity contribution is 6.00. The van der Waals surface area contributed by atoms with Crippen LogP contribution in [0.1, 0.15) is 31.3 Å². The molecule has 0 aliphatic heterocycles. The SMILES string of the molecule is CCOC(C)(C)C(=O)c1cnccn1. The molecule has 0 aliphatic rings. The van der Waals surface area contributed by atoms with Crippen molar-refractivity contribution in [2.75, 3.05) is 6.61 Å². The van der Waals surface area contributed by atoms with Crippen LogP contribution in [0.5, 0.6) is 0 Å². The van der Waals surface area contributed by atoms with Gasteiger partial charge in [-0.05, 0) is 20.8 Å². The summed E-state index contributed by atoms with van der Waals surface area (Å²) >= 11 is 0. The van der Waals surface area contributed by atoms with Crippen LogP contribution in [0.15, 0.2) is 18.6 Å². The molecule has 14 heavy (non-hydrogen) atoms. The van der Waals surface area contributed by atoms with Crippen molar-refractivity contribution in [1.29, 1.82) is 0 Å². The van der Waals surface area contributed by atoms with Crippen LogP contribution in [0, 0.1) is 0 Å². The summed E-state index contributed by atoms with van der Waals surface area (Å²) in [6.45, 7) is 5.81. The van der Waals surface area contributed by atoms with Crippen molar-refractivity contribution in [3.63, 3.8) is 0 Å². The lowest BCUT2D eigenvalue weighted by molar-refractivity contribution is 0.000841. The molecule has 4 nitrogen and oxygen atoms in total. The summed E-state index contributed by atoms with van der Waals surface area (Å²) in [7, 11) is 0. The Hall–Kier alpha value is -1.29. The lowest BCUT2D eigenvalue weighted by Gasteiger charge is -2.22. The van der Waals surface area contributed by atoms with Crippen molar-refractivity contribution < 1.29 is 9.53 Å². The summed E-state index contributed by atoms with van der Waals surface area (Å²) in [4.78, 5) is 19.6. The van der Waals surface area contributed by atoms with Gasteiger partial charge in [0.15, 0.2) is 0 Å². The minimum absolute atomic E-state index is 0.146. The van der Waals surface area contributed by atoms with E-state index < -0.39 is 5.60 Å². The Bertz CT molecular complexity index is 309. The van der Waals surface area contributed by atoms with E-state index in [4.69, 9.17) is 4.74 Å². The zero-order valence-corrected chi connectivity index (χ0v) is 8.65. The summed E-state index contributed by atoms with van der Waals surface area (Å²) in [5.74, 6) is -0.146. The minimum Gasteiger partial charge on any atom is -0.368 e. The molecule has 1 aromatic rings. The standard InChI is InChI=1S/C10H14N2O2/c1-4-14-10(2,3)9(13)8-7-11-5-6-12-8/h5-7H,4H2,1-3H3. The van der Waals surface area contributed by atoms with Gasteiger partial charge < -0.3 is 4.74 Å². The van der Waals surface area contributed by atoms with Gasteiger partial charge >= 0.3 is 0 Å². The number of hydrogen-bond donors (Lipinski definition) is 0. The van der Waals surface area contributed by atoms with Crippen LogP contribution in [-0.4, -0.2) is 28.0 Å². The molecule has 0 radical (unpaired) electrons. The molecular weight excluding hydrogens is 180 g/mol. The molecule has 1 aromatic heterocycles. The van der Waals surface area contributed by atoms with Gasteiger partial charge in [0.1, 0.15) is 11.3 Å². The summed E-state index contributed by atoms with van der Waals surface area (Å²) in [5.41, 5.74) is -0.490. The normalized spacial score (nSPS) is 11.4. The molecule has 0 aromatic carbocycles. The molecule has 0 bridgehead atoms. The highest BCUT2D eigenvalue weighted by Crippen LogP contribution is 2.14. The maximum Gasteiger partial charge on any atom is 0.213 e. The number of carbonyl (C=O) groups excluding carboxylic acids is 1. The molecule has 4 heteroatoms. The highest BCUT2D eigenvalue weighted by atomic mass is 16.5. The zero-order chi connectivity index (χ0) is 10.6. The van der Waals surface area contributed by atoms with Crippen molar-refractivity contribution in [3.8, 4) is 0 Å². The van der Waals surface area contributed by atoms with Gasteiger partial charge in [0.25, 0.3) is 0 Å². The quantitative estimate of drug-likeness (QED) is 0.681. The van der Waals surface area contributed by atoms with Crippen molar-refractivity contribution in [2.45, 2.75) is 26.4 Å². The second kappa shape index (κ2) is 4.28. The minimum atomic E-state index is -0.829. The Morgan fingerprint density at radius 1 is 1.50 bits per heavy atom. The van der Waals surface area contributed by atoms with E-state index in [0.29, 0.717) is 12.3 Å². The first-order valence-electron chi connectivity index (χ1n) is 4.52. The van der Waals surface area contributed by atoms with E-state index in [9.17, 15) is 4.79 Å². The van der Waals surface area contributed by atoms with E-state index in [-0.39, 0.29) is 5.78 Å². The smallest absolute Gasteiger partial charge is 0.213 e. The van der Waals surface area contributed by atoms with Crippen LogP contribution in [0.2, 0.25) is 0 Å². The Morgan fingerprint density at radius 2 is 2.21 bits per heavy atom. The highest BCUT2D eigenvalue weighted by Gasteiger charge is 2.29. The van der Waals surface area contributed by atoms with Gasteiger partial charge in [-0.15, -0.1) is 0 Å². The number of Topliss-reactive ketones (excluding diaryl/α,β-unsaturated/α-hetero) is 1. The molecule has 0 N–H and O–H groups in total. The fourth-order valence-corrected chi connectivity index (χ4v) is 1.15. The topological polar surface area (TPSA) is 52.1 Å². The molecule has 1 heterocycles. The molecular formula is C10H14N2O2. The van der Waals surface area contributed by atoms with E-state index in [0.717, 1.165) is 0 Å². The molecule has 76 valence electrons. The van der Waals surface area contributed by atoms with E-state index in [1.165, 1.54) is 18.6 Å². The van der Waals surface area contributed by atoms with Crippen LogP contribution < -0.4 is 0 Å². The van der Waals surface area contributed by atoms with E-state index in [2.05, 4.69) is 9.97 Å². The van der Waals surface area contributed by atoms with Gasteiger partial charge in [0.05, 0.1) is 6.20 Å². The van der Waals surface area contributed by atoms with Crippen LogP contribution in [0.3, 0.4) is 0 Å². The van der Waals surface area contributed by atoms with E-state index >= 15 is 0 Å². The lowest BCUT2D eigenvalue weighted by Crippen LogP contribution is -2.35. The molecule has 0 spiro atoms. The van der Waals surface area contributed by atoms with Gasteiger partial charge in [-0.1, -0.05) is 0 Å². The Labute approximate surface area is 83.3 Å². The number of ketones is 1. The first-order chi connectivity index (χ1) is 6.58. The predicted octanol–water partition coefficient (Wildman–Crippen LogP) is 1.47. The zero-order valence-electron chi connectivity index (χ0n) is 8.65. The maximum absolute atomic E-state index is 11.8. The van der Waals surface area contributed by atoms with Crippen LogP contribution in [0.4, 0.5) is 0 Å². The molecule has 0 saturated carbocycles. The largest absolute Gasteiger partial charge is 0.368 e. The molecule has 0 fully saturated rings. The first kappa shape index (κ1) is 10.8. The fourth-order valence-electron chi connectivity index (χ4n) is 1.15. The molecule has 0 amide bonds. The van der Waals surface area contributed by atoms with Crippen molar-refractivity contribution >= 4 is 5.78 Å². The number of aromatic nitrogens is 2. The van der Waals surface area contributed by atoms with Gasteiger partial charge in [-0.3, -0.25) is 9.78 Å². The predicted molar refractivity (Wildman–Crippen MR) is 52.1 cm³/mol. The Morgan fingerprint density at radius 3 is 2.71 bits per heavy atom.